The predicted octanol–water partition coefficient (Wildman–Crippen LogP) is 3.90. The van der Waals surface area contributed by atoms with Crippen molar-refractivity contribution in [1.82, 2.24) is 0 Å². The molecule has 0 aromatic heterocycles. The molecule has 0 fully saturated rings. The highest BCUT2D eigenvalue weighted by atomic mass is 79.9. The maximum atomic E-state index is 14.2. The minimum Gasteiger partial charge on any atom is -0.371 e. The van der Waals surface area contributed by atoms with Crippen LogP contribution in [0.4, 0.5) is 4.39 Å². The van der Waals surface area contributed by atoms with Crippen molar-refractivity contribution in [1.29, 1.82) is 0 Å². The number of fused-ring (bicyclic) bond motifs is 1. The summed E-state index contributed by atoms with van der Waals surface area (Å²) in [6, 6.07) is 12.7. The Labute approximate surface area is 125 Å². The third-order valence-corrected chi connectivity index (χ3v) is 4.31. The van der Waals surface area contributed by atoms with Gasteiger partial charge in [-0.25, -0.2) is 4.39 Å². The van der Waals surface area contributed by atoms with Gasteiger partial charge in [0.1, 0.15) is 11.9 Å². The van der Waals surface area contributed by atoms with Crippen molar-refractivity contribution in [2.24, 2.45) is 5.73 Å². The molecule has 1 aliphatic rings. The molecule has 1 aliphatic heterocycles. The summed E-state index contributed by atoms with van der Waals surface area (Å²) < 4.78 is 20.4. The summed E-state index contributed by atoms with van der Waals surface area (Å²) in [6.07, 6.45) is 0.573. The molecule has 104 valence electrons. The van der Waals surface area contributed by atoms with Crippen molar-refractivity contribution in [3.63, 3.8) is 0 Å². The zero-order valence-electron chi connectivity index (χ0n) is 10.9. The van der Waals surface area contributed by atoms with Crippen LogP contribution in [0, 0.1) is 5.82 Å². The highest BCUT2D eigenvalue weighted by Crippen LogP contribution is 2.37. The number of ether oxygens (including phenoxy) is 1. The number of benzene rings is 2. The molecule has 0 aliphatic carbocycles. The quantitative estimate of drug-likeness (QED) is 0.903. The average molecular weight is 336 g/mol. The van der Waals surface area contributed by atoms with Crippen molar-refractivity contribution in [2.75, 3.05) is 6.61 Å². The molecule has 2 aromatic rings. The second-order valence-corrected chi connectivity index (χ2v) is 5.76. The molecule has 0 saturated carbocycles. The predicted molar refractivity (Wildman–Crippen MR) is 79.9 cm³/mol. The van der Waals surface area contributed by atoms with E-state index in [1.54, 1.807) is 18.2 Å². The van der Waals surface area contributed by atoms with Crippen LogP contribution in [-0.2, 0) is 11.2 Å². The van der Waals surface area contributed by atoms with E-state index in [-0.39, 0.29) is 11.9 Å². The number of halogens is 2. The third kappa shape index (κ3) is 2.39. The van der Waals surface area contributed by atoms with Crippen LogP contribution in [-0.4, -0.2) is 6.61 Å². The van der Waals surface area contributed by atoms with E-state index in [2.05, 4.69) is 22.0 Å². The van der Waals surface area contributed by atoms with E-state index in [9.17, 15) is 4.39 Å². The Morgan fingerprint density at radius 2 is 2.00 bits per heavy atom. The van der Waals surface area contributed by atoms with Gasteiger partial charge in [0.15, 0.2) is 0 Å². The van der Waals surface area contributed by atoms with E-state index in [0.717, 1.165) is 12.0 Å². The molecule has 1 heterocycles. The van der Waals surface area contributed by atoms with Gasteiger partial charge < -0.3 is 10.5 Å². The van der Waals surface area contributed by atoms with Gasteiger partial charge in [-0.15, -0.1) is 0 Å². The largest absolute Gasteiger partial charge is 0.371 e. The normalized spacial score (nSPS) is 19.4. The molecule has 2 atom stereocenters. The summed E-state index contributed by atoms with van der Waals surface area (Å²) in [5.74, 6) is -0.313. The lowest BCUT2D eigenvalue weighted by atomic mass is 9.90. The van der Waals surface area contributed by atoms with Gasteiger partial charge in [-0.05, 0) is 39.5 Å². The van der Waals surface area contributed by atoms with Crippen molar-refractivity contribution < 1.29 is 9.13 Å². The topological polar surface area (TPSA) is 35.2 Å². The minimum atomic E-state index is -0.519. The lowest BCUT2D eigenvalue weighted by Crippen LogP contribution is -2.28. The molecule has 2 unspecified atom stereocenters. The monoisotopic (exact) mass is 335 g/mol. The van der Waals surface area contributed by atoms with Gasteiger partial charge in [-0.3, -0.25) is 0 Å². The lowest BCUT2D eigenvalue weighted by molar-refractivity contribution is 0.0233. The first-order chi connectivity index (χ1) is 9.68. The Morgan fingerprint density at radius 3 is 2.85 bits per heavy atom. The maximum absolute atomic E-state index is 14.2. The fraction of sp³-hybridized carbons (Fsp3) is 0.250. The molecule has 0 amide bonds. The van der Waals surface area contributed by atoms with Gasteiger partial charge in [0, 0.05) is 5.56 Å². The van der Waals surface area contributed by atoms with Crippen LogP contribution in [0.2, 0.25) is 0 Å². The van der Waals surface area contributed by atoms with E-state index in [0.29, 0.717) is 16.6 Å². The molecular formula is C16H15BrFNO. The Balaban J connectivity index is 2.00. The Hall–Kier alpha value is -1.23. The van der Waals surface area contributed by atoms with Crippen LogP contribution in [0.15, 0.2) is 46.9 Å². The van der Waals surface area contributed by atoms with Crippen LogP contribution >= 0.6 is 15.9 Å². The summed E-state index contributed by atoms with van der Waals surface area (Å²) in [5, 5.41) is 0. The van der Waals surface area contributed by atoms with E-state index in [4.69, 9.17) is 10.5 Å². The van der Waals surface area contributed by atoms with Crippen LogP contribution < -0.4 is 5.73 Å². The lowest BCUT2D eigenvalue weighted by Gasteiger charge is -2.31. The number of nitrogens with two attached hydrogens (primary N) is 1. The molecule has 0 spiro atoms. The zero-order chi connectivity index (χ0) is 14.1. The van der Waals surface area contributed by atoms with Gasteiger partial charge >= 0.3 is 0 Å². The highest BCUT2D eigenvalue weighted by Gasteiger charge is 2.29. The summed E-state index contributed by atoms with van der Waals surface area (Å²) in [6.45, 7) is 0.616. The minimum absolute atomic E-state index is 0.302. The molecule has 2 aromatic carbocycles. The third-order valence-electron chi connectivity index (χ3n) is 3.70. The molecule has 3 rings (SSSR count). The van der Waals surface area contributed by atoms with Crippen LogP contribution in [0.3, 0.4) is 0 Å². The molecule has 0 saturated heterocycles. The smallest absolute Gasteiger partial charge is 0.142 e. The van der Waals surface area contributed by atoms with Crippen LogP contribution in [0.5, 0.6) is 0 Å². The summed E-state index contributed by atoms with van der Waals surface area (Å²) >= 11 is 3.20. The first kappa shape index (κ1) is 13.7. The fourth-order valence-electron chi connectivity index (χ4n) is 2.66. The first-order valence-electron chi connectivity index (χ1n) is 6.57. The summed E-state index contributed by atoms with van der Waals surface area (Å²) in [7, 11) is 0. The van der Waals surface area contributed by atoms with E-state index < -0.39 is 6.04 Å². The van der Waals surface area contributed by atoms with Crippen molar-refractivity contribution in [3.8, 4) is 0 Å². The summed E-state index contributed by atoms with van der Waals surface area (Å²) in [5.41, 5.74) is 9.03. The van der Waals surface area contributed by atoms with Crippen LogP contribution in [0.1, 0.15) is 28.8 Å². The molecule has 20 heavy (non-hydrogen) atoms. The Morgan fingerprint density at radius 1 is 1.20 bits per heavy atom. The second kappa shape index (κ2) is 5.64. The number of hydrogen-bond acceptors (Lipinski definition) is 2. The van der Waals surface area contributed by atoms with Crippen molar-refractivity contribution in [3.05, 3.63) is 69.4 Å². The molecule has 0 radical (unpaired) electrons. The molecule has 2 N–H and O–H groups in total. The van der Waals surface area contributed by atoms with E-state index in [1.165, 1.54) is 5.56 Å². The SMILES string of the molecule is NC(c1cccc(Br)c1F)C1OCCc2ccccc21. The molecule has 0 bridgehead atoms. The van der Waals surface area contributed by atoms with Gasteiger partial charge in [0.05, 0.1) is 17.1 Å². The standard InChI is InChI=1S/C16H15BrFNO/c17-13-7-3-6-12(14(13)18)15(19)16-11-5-2-1-4-10(11)8-9-20-16/h1-7,15-16H,8-9,19H2. The fourth-order valence-corrected chi connectivity index (χ4v) is 3.04. The maximum Gasteiger partial charge on any atom is 0.142 e. The van der Waals surface area contributed by atoms with E-state index in [1.807, 2.05) is 18.2 Å². The Bertz CT molecular complexity index is 632. The summed E-state index contributed by atoms with van der Waals surface area (Å²) in [4.78, 5) is 0. The Kier molecular flexibility index (Phi) is 3.87. The van der Waals surface area contributed by atoms with Gasteiger partial charge in [-0.1, -0.05) is 36.4 Å². The van der Waals surface area contributed by atoms with E-state index >= 15 is 0 Å². The second-order valence-electron chi connectivity index (χ2n) is 4.91. The van der Waals surface area contributed by atoms with Gasteiger partial charge in [0.25, 0.3) is 0 Å². The molecular weight excluding hydrogens is 321 g/mol. The number of hydrogen-bond donors (Lipinski definition) is 1. The highest BCUT2D eigenvalue weighted by molar-refractivity contribution is 9.10. The molecule has 4 heteroatoms. The van der Waals surface area contributed by atoms with Gasteiger partial charge in [-0.2, -0.15) is 0 Å². The van der Waals surface area contributed by atoms with Gasteiger partial charge in [0.2, 0.25) is 0 Å². The van der Waals surface area contributed by atoms with Crippen LogP contribution in [0.25, 0.3) is 0 Å². The van der Waals surface area contributed by atoms with Crippen molar-refractivity contribution in [2.45, 2.75) is 18.6 Å². The molecule has 2 nitrogen and oxygen atoms in total. The average Bonchev–Trinajstić information content (AvgIpc) is 2.49. The first-order valence-corrected chi connectivity index (χ1v) is 7.36. The van der Waals surface area contributed by atoms with Crippen molar-refractivity contribution >= 4 is 15.9 Å². The zero-order valence-corrected chi connectivity index (χ0v) is 12.4. The number of rotatable bonds is 2.